The van der Waals surface area contributed by atoms with Crippen molar-refractivity contribution in [3.63, 3.8) is 0 Å². The fourth-order valence-electron chi connectivity index (χ4n) is 1.50. The maximum absolute atomic E-state index is 11.9. The first-order valence-corrected chi connectivity index (χ1v) is 5.61. The van der Waals surface area contributed by atoms with Crippen LogP contribution in [0.2, 0.25) is 0 Å². The van der Waals surface area contributed by atoms with Crippen molar-refractivity contribution < 1.29 is 14.4 Å². The number of benzene rings is 1. The molecule has 1 unspecified atom stereocenters. The molecule has 1 aromatic rings. The van der Waals surface area contributed by atoms with Crippen molar-refractivity contribution in [2.45, 2.75) is 19.9 Å². The van der Waals surface area contributed by atoms with E-state index in [2.05, 4.69) is 5.32 Å². The number of hydrogen-bond acceptors (Lipinski definition) is 3. The molecular weight excluding hydrogens is 232 g/mol. The second-order valence-electron chi connectivity index (χ2n) is 4.34. The Balaban J connectivity index is 2.80. The quantitative estimate of drug-likeness (QED) is 0.753. The largest absolute Gasteiger partial charge is 0.368 e. The SMILES string of the molecule is CC(C)C(NC(=O)c1ccc(C=O)cc1)C(N)=O. The van der Waals surface area contributed by atoms with Gasteiger partial charge in [-0.15, -0.1) is 0 Å². The molecule has 2 amide bonds. The molecule has 0 heterocycles. The van der Waals surface area contributed by atoms with E-state index in [1.807, 2.05) is 0 Å². The zero-order valence-electron chi connectivity index (χ0n) is 10.3. The fourth-order valence-corrected chi connectivity index (χ4v) is 1.50. The summed E-state index contributed by atoms with van der Waals surface area (Å²) in [7, 11) is 0. The van der Waals surface area contributed by atoms with Crippen LogP contribution in [-0.2, 0) is 4.79 Å². The smallest absolute Gasteiger partial charge is 0.251 e. The van der Waals surface area contributed by atoms with Crippen LogP contribution in [0, 0.1) is 5.92 Å². The molecule has 0 fully saturated rings. The lowest BCUT2D eigenvalue weighted by Crippen LogP contribution is -2.47. The highest BCUT2D eigenvalue weighted by atomic mass is 16.2. The Morgan fingerprint density at radius 2 is 1.78 bits per heavy atom. The molecule has 0 aromatic heterocycles. The lowest BCUT2D eigenvalue weighted by molar-refractivity contribution is -0.120. The molecule has 0 saturated carbocycles. The van der Waals surface area contributed by atoms with Crippen molar-refractivity contribution in [2.75, 3.05) is 0 Å². The summed E-state index contributed by atoms with van der Waals surface area (Å²) >= 11 is 0. The fraction of sp³-hybridized carbons (Fsp3) is 0.308. The first kappa shape index (κ1) is 13.9. The van der Waals surface area contributed by atoms with E-state index in [1.54, 1.807) is 13.8 Å². The van der Waals surface area contributed by atoms with E-state index in [-0.39, 0.29) is 11.8 Å². The Labute approximate surface area is 105 Å². The van der Waals surface area contributed by atoms with Crippen LogP contribution in [0.5, 0.6) is 0 Å². The van der Waals surface area contributed by atoms with Gasteiger partial charge in [0.1, 0.15) is 12.3 Å². The van der Waals surface area contributed by atoms with Crippen LogP contribution in [0.15, 0.2) is 24.3 Å². The van der Waals surface area contributed by atoms with Gasteiger partial charge in [-0.05, 0) is 18.1 Å². The number of nitrogens with one attached hydrogen (secondary N) is 1. The highest BCUT2D eigenvalue weighted by Crippen LogP contribution is 2.06. The summed E-state index contributed by atoms with van der Waals surface area (Å²) in [5, 5.41) is 2.57. The molecule has 0 aliphatic rings. The highest BCUT2D eigenvalue weighted by Gasteiger charge is 2.22. The van der Waals surface area contributed by atoms with E-state index in [4.69, 9.17) is 5.73 Å². The van der Waals surface area contributed by atoms with Gasteiger partial charge in [-0.2, -0.15) is 0 Å². The van der Waals surface area contributed by atoms with Crippen molar-refractivity contribution in [1.29, 1.82) is 0 Å². The van der Waals surface area contributed by atoms with Gasteiger partial charge < -0.3 is 11.1 Å². The van der Waals surface area contributed by atoms with Crippen LogP contribution < -0.4 is 11.1 Å². The van der Waals surface area contributed by atoms with E-state index in [0.29, 0.717) is 17.4 Å². The van der Waals surface area contributed by atoms with Gasteiger partial charge in [0.25, 0.3) is 5.91 Å². The molecule has 0 aliphatic carbocycles. The lowest BCUT2D eigenvalue weighted by Gasteiger charge is -2.18. The van der Waals surface area contributed by atoms with Gasteiger partial charge in [0.2, 0.25) is 5.91 Å². The Morgan fingerprint density at radius 3 is 2.17 bits per heavy atom. The Kier molecular flexibility index (Phi) is 4.59. The number of carbonyl (C=O) groups excluding carboxylic acids is 3. The van der Waals surface area contributed by atoms with E-state index < -0.39 is 11.9 Å². The van der Waals surface area contributed by atoms with Gasteiger partial charge >= 0.3 is 0 Å². The Bertz CT molecular complexity index is 452. The van der Waals surface area contributed by atoms with E-state index >= 15 is 0 Å². The lowest BCUT2D eigenvalue weighted by atomic mass is 10.0. The summed E-state index contributed by atoms with van der Waals surface area (Å²) in [6.07, 6.45) is 0.696. The second kappa shape index (κ2) is 5.95. The van der Waals surface area contributed by atoms with Crippen molar-refractivity contribution >= 4 is 18.1 Å². The first-order valence-electron chi connectivity index (χ1n) is 5.61. The third-order valence-electron chi connectivity index (χ3n) is 2.57. The molecule has 1 aromatic carbocycles. The van der Waals surface area contributed by atoms with Crippen LogP contribution in [-0.4, -0.2) is 24.1 Å². The maximum atomic E-state index is 11.9. The average Bonchev–Trinajstić information content (AvgIpc) is 2.35. The molecule has 0 aliphatic heterocycles. The van der Waals surface area contributed by atoms with Gasteiger partial charge in [-0.3, -0.25) is 14.4 Å². The van der Waals surface area contributed by atoms with Crippen LogP contribution in [0.1, 0.15) is 34.6 Å². The van der Waals surface area contributed by atoms with Crippen molar-refractivity contribution in [3.8, 4) is 0 Å². The highest BCUT2D eigenvalue weighted by molar-refractivity contribution is 5.97. The van der Waals surface area contributed by atoms with Crippen LogP contribution >= 0.6 is 0 Å². The molecule has 5 heteroatoms. The van der Waals surface area contributed by atoms with Crippen LogP contribution in [0.25, 0.3) is 0 Å². The minimum atomic E-state index is -0.705. The third-order valence-corrected chi connectivity index (χ3v) is 2.57. The number of primary amides is 1. The second-order valence-corrected chi connectivity index (χ2v) is 4.34. The molecule has 0 saturated heterocycles. The number of aldehydes is 1. The predicted molar refractivity (Wildman–Crippen MR) is 67.1 cm³/mol. The van der Waals surface area contributed by atoms with Gasteiger partial charge in [-0.1, -0.05) is 26.0 Å². The monoisotopic (exact) mass is 248 g/mol. The molecule has 0 radical (unpaired) electrons. The third kappa shape index (κ3) is 3.41. The van der Waals surface area contributed by atoms with Crippen molar-refractivity contribution in [1.82, 2.24) is 5.32 Å². The summed E-state index contributed by atoms with van der Waals surface area (Å²) in [6.45, 7) is 3.59. The zero-order valence-corrected chi connectivity index (χ0v) is 10.3. The van der Waals surface area contributed by atoms with Crippen LogP contribution in [0.4, 0.5) is 0 Å². The summed E-state index contributed by atoms with van der Waals surface area (Å²) in [5.41, 5.74) is 6.08. The average molecular weight is 248 g/mol. The number of hydrogen-bond donors (Lipinski definition) is 2. The minimum Gasteiger partial charge on any atom is -0.368 e. The zero-order chi connectivity index (χ0) is 13.7. The molecule has 5 nitrogen and oxygen atoms in total. The molecular formula is C13H16N2O3. The van der Waals surface area contributed by atoms with E-state index in [0.717, 1.165) is 0 Å². The number of rotatable bonds is 5. The summed E-state index contributed by atoms with van der Waals surface area (Å²) in [6, 6.07) is 5.42. The molecule has 0 bridgehead atoms. The molecule has 0 spiro atoms. The Hall–Kier alpha value is -2.17. The minimum absolute atomic E-state index is 0.0827. The van der Waals surface area contributed by atoms with Gasteiger partial charge in [0.05, 0.1) is 0 Å². The summed E-state index contributed by atoms with van der Waals surface area (Å²) in [5.74, 6) is -1.03. The van der Waals surface area contributed by atoms with Crippen molar-refractivity contribution in [3.05, 3.63) is 35.4 Å². The number of amides is 2. The molecule has 18 heavy (non-hydrogen) atoms. The molecule has 1 atom stereocenters. The molecule has 1 rings (SSSR count). The molecule has 3 N–H and O–H groups in total. The van der Waals surface area contributed by atoms with E-state index in [9.17, 15) is 14.4 Å². The predicted octanol–water partition coefficient (Wildman–Crippen LogP) is 0.739. The Morgan fingerprint density at radius 1 is 1.22 bits per heavy atom. The molecule has 96 valence electrons. The summed E-state index contributed by atoms with van der Waals surface area (Å²) < 4.78 is 0. The standard InChI is InChI=1S/C13H16N2O3/c1-8(2)11(12(14)17)15-13(18)10-5-3-9(7-16)4-6-10/h3-8,11H,1-2H3,(H2,14,17)(H,15,18). The van der Waals surface area contributed by atoms with Gasteiger partial charge in [-0.25, -0.2) is 0 Å². The maximum Gasteiger partial charge on any atom is 0.251 e. The van der Waals surface area contributed by atoms with Gasteiger partial charge in [0.15, 0.2) is 0 Å². The van der Waals surface area contributed by atoms with Crippen molar-refractivity contribution in [2.24, 2.45) is 11.7 Å². The number of nitrogens with two attached hydrogens (primary N) is 1. The van der Waals surface area contributed by atoms with E-state index in [1.165, 1.54) is 24.3 Å². The first-order chi connectivity index (χ1) is 8.45. The topological polar surface area (TPSA) is 89.3 Å². The normalized spacial score (nSPS) is 11.9. The van der Waals surface area contributed by atoms with Gasteiger partial charge in [0, 0.05) is 11.1 Å². The number of carbonyl (C=O) groups is 3. The summed E-state index contributed by atoms with van der Waals surface area (Å²) in [4.78, 5) is 33.5. The van der Waals surface area contributed by atoms with Crippen LogP contribution in [0.3, 0.4) is 0 Å².